The minimum Gasteiger partial charge on any atom is -0.505 e. The average molecular weight is 323 g/mol. The smallest absolute Gasteiger partial charge is 0.146 e. The van der Waals surface area contributed by atoms with E-state index in [0.717, 1.165) is 60.7 Å². The zero-order valence-electron chi connectivity index (χ0n) is 14.5. The third kappa shape index (κ3) is 3.01. The van der Waals surface area contributed by atoms with E-state index >= 15 is 0 Å². The number of aromatic amines is 1. The van der Waals surface area contributed by atoms with E-state index in [9.17, 15) is 5.11 Å². The van der Waals surface area contributed by atoms with Crippen LogP contribution in [0.15, 0.2) is 30.3 Å². The number of nitrogens with one attached hydrogen (secondary N) is 1. The molecule has 4 nitrogen and oxygen atoms in total. The van der Waals surface area contributed by atoms with Crippen molar-refractivity contribution in [2.24, 2.45) is 0 Å². The van der Waals surface area contributed by atoms with Crippen LogP contribution in [-0.2, 0) is 12.8 Å². The summed E-state index contributed by atoms with van der Waals surface area (Å²) in [4.78, 5) is 0. The van der Waals surface area contributed by atoms with Gasteiger partial charge >= 0.3 is 0 Å². The zero-order chi connectivity index (χ0) is 16.9. The Morgan fingerprint density at radius 2 is 1.62 bits per heavy atom. The van der Waals surface area contributed by atoms with E-state index in [1.807, 2.05) is 18.2 Å². The molecule has 0 aliphatic heterocycles. The number of phenolic OH excluding ortho intramolecular Hbond substituents is 1. The quantitative estimate of drug-likeness (QED) is 0.642. The Balaban J connectivity index is 2.29. The lowest BCUT2D eigenvalue weighted by atomic mass is 9.88. The number of unbranched alkanes of at least 4 members (excludes halogenated alkanes) is 2. The van der Waals surface area contributed by atoms with Gasteiger partial charge in [0.2, 0.25) is 0 Å². The van der Waals surface area contributed by atoms with Gasteiger partial charge in [0.05, 0.1) is 0 Å². The van der Waals surface area contributed by atoms with Gasteiger partial charge in [-0.1, -0.05) is 62.2 Å². The van der Waals surface area contributed by atoms with Gasteiger partial charge in [-0.2, -0.15) is 0 Å². The molecule has 0 saturated carbocycles. The summed E-state index contributed by atoms with van der Waals surface area (Å²) in [5, 5.41) is 21.9. The van der Waals surface area contributed by atoms with Gasteiger partial charge in [0.1, 0.15) is 16.8 Å². The van der Waals surface area contributed by atoms with E-state index < -0.39 is 0 Å². The molecule has 0 saturated heterocycles. The van der Waals surface area contributed by atoms with Crippen LogP contribution in [0.25, 0.3) is 22.2 Å². The van der Waals surface area contributed by atoms with Crippen LogP contribution in [0.4, 0.5) is 0 Å². The fraction of sp³-hybridized carbons (Fsp3) is 0.400. The predicted molar refractivity (Wildman–Crippen MR) is 98.2 cm³/mol. The molecule has 1 heterocycles. The van der Waals surface area contributed by atoms with E-state index in [2.05, 4.69) is 41.4 Å². The van der Waals surface area contributed by atoms with Crippen molar-refractivity contribution in [1.29, 1.82) is 0 Å². The first kappa shape index (κ1) is 16.5. The fourth-order valence-corrected chi connectivity index (χ4v) is 3.32. The van der Waals surface area contributed by atoms with Crippen LogP contribution in [0.2, 0.25) is 0 Å². The maximum absolute atomic E-state index is 10.8. The van der Waals surface area contributed by atoms with Crippen LogP contribution < -0.4 is 0 Å². The monoisotopic (exact) mass is 323 g/mol. The minimum atomic E-state index is 0.328. The van der Waals surface area contributed by atoms with Crippen LogP contribution >= 0.6 is 0 Å². The van der Waals surface area contributed by atoms with E-state index in [-0.39, 0.29) is 0 Å². The second-order valence-corrected chi connectivity index (χ2v) is 6.29. The summed E-state index contributed by atoms with van der Waals surface area (Å²) in [5.41, 5.74) is 5.97. The summed E-state index contributed by atoms with van der Waals surface area (Å²) < 4.78 is 0. The lowest BCUT2D eigenvalue weighted by Gasteiger charge is -2.17. The Hall–Kier alpha value is -2.36. The third-order valence-electron chi connectivity index (χ3n) is 4.60. The molecule has 0 atom stereocenters. The Bertz CT molecular complexity index is 809. The first-order valence-corrected chi connectivity index (χ1v) is 8.90. The van der Waals surface area contributed by atoms with Gasteiger partial charge in [0.15, 0.2) is 0 Å². The molecular formula is C20H25N3O. The highest BCUT2D eigenvalue weighted by Gasteiger charge is 2.21. The molecule has 0 unspecified atom stereocenters. The zero-order valence-corrected chi connectivity index (χ0v) is 14.5. The van der Waals surface area contributed by atoms with Crippen molar-refractivity contribution < 1.29 is 5.11 Å². The number of nitrogens with zero attached hydrogens (tertiary/aromatic N) is 2. The molecule has 2 N–H and O–H groups in total. The van der Waals surface area contributed by atoms with Crippen LogP contribution in [0, 0.1) is 0 Å². The standard InChI is InChI=1S/C20H25N3O/c1-3-5-12-15-16(13-6-4-2)20(24)19-18(21-23-22-19)17(15)14-10-8-7-9-11-14/h7-11,24H,3-6,12-13H2,1-2H3,(H,21,22,23). The second-order valence-electron chi connectivity index (χ2n) is 6.29. The minimum absolute atomic E-state index is 0.328. The Morgan fingerprint density at radius 3 is 2.29 bits per heavy atom. The van der Waals surface area contributed by atoms with Crippen LogP contribution in [0.3, 0.4) is 0 Å². The van der Waals surface area contributed by atoms with Crippen molar-refractivity contribution in [2.75, 3.05) is 0 Å². The Kier molecular flexibility index (Phi) is 5.14. The summed E-state index contributed by atoms with van der Waals surface area (Å²) in [6.07, 6.45) is 6.23. The molecular weight excluding hydrogens is 298 g/mol. The molecule has 4 heteroatoms. The predicted octanol–water partition coefficient (Wildman–Crippen LogP) is 5.02. The van der Waals surface area contributed by atoms with E-state index in [0.29, 0.717) is 11.3 Å². The molecule has 3 aromatic rings. The molecule has 126 valence electrons. The van der Waals surface area contributed by atoms with Crippen molar-refractivity contribution in [3.8, 4) is 16.9 Å². The number of hydrogen-bond acceptors (Lipinski definition) is 3. The second kappa shape index (κ2) is 7.47. The van der Waals surface area contributed by atoms with Crippen molar-refractivity contribution in [1.82, 2.24) is 15.4 Å². The molecule has 0 spiro atoms. The highest BCUT2D eigenvalue weighted by Crippen LogP contribution is 2.40. The SMILES string of the molecule is CCCCc1c(CCCC)c(O)c2[nH]nnc2c1-c1ccccc1. The number of hydrogen-bond donors (Lipinski definition) is 2. The largest absolute Gasteiger partial charge is 0.505 e. The van der Waals surface area contributed by atoms with Gasteiger partial charge in [0.25, 0.3) is 0 Å². The van der Waals surface area contributed by atoms with Crippen molar-refractivity contribution in [3.05, 3.63) is 41.5 Å². The van der Waals surface area contributed by atoms with Crippen LogP contribution in [0.1, 0.15) is 50.7 Å². The molecule has 0 aliphatic rings. The first-order valence-electron chi connectivity index (χ1n) is 8.90. The molecule has 24 heavy (non-hydrogen) atoms. The number of fused-ring (bicyclic) bond motifs is 1. The normalized spacial score (nSPS) is 11.2. The summed E-state index contributed by atoms with van der Waals surface area (Å²) in [5.74, 6) is 0.328. The number of aromatic nitrogens is 3. The molecule has 0 fully saturated rings. The molecule has 0 amide bonds. The summed E-state index contributed by atoms with van der Waals surface area (Å²) in [7, 11) is 0. The number of aromatic hydroxyl groups is 1. The lowest BCUT2D eigenvalue weighted by molar-refractivity contribution is 0.470. The highest BCUT2D eigenvalue weighted by molar-refractivity contribution is 5.98. The van der Waals surface area contributed by atoms with E-state index in [4.69, 9.17) is 0 Å². The van der Waals surface area contributed by atoms with Crippen molar-refractivity contribution in [3.63, 3.8) is 0 Å². The number of rotatable bonds is 7. The highest BCUT2D eigenvalue weighted by atomic mass is 16.3. The average Bonchev–Trinajstić information content (AvgIpc) is 3.10. The summed E-state index contributed by atoms with van der Waals surface area (Å²) in [6, 6.07) is 10.3. The van der Waals surface area contributed by atoms with Gasteiger partial charge in [-0.15, -0.1) is 5.10 Å². The Morgan fingerprint density at radius 1 is 0.958 bits per heavy atom. The summed E-state index contributed by atoms with van der Waals surface area (Å²) in [6.45, 7) is 4.37. The molecule has 0 aliphatic carbocycles. The van der Waals surface area contributed by atoms with Gasteiger partial charge in [-0.25, -0.2) is 0 Å². The molecule has 1 aromatic heterocycles. The number of H-pyrrole nitrogens is 1. The van der Waals surface area contributed by atoms with Crippen LogP contribution in [-0.4, -0.2) is 20.5 Å². The van der Waals surface area contributed by atoms with Gasteiger partial charge in [-0.05, 0) is 36.8 Å². The fourth-order valence-electron chi connectivity index (χ4n) is 3.32. The van der Waals surface area contributed by atoms with Crippen LogP contribution in [0.5, 0.6) is 5.75 Å². The lowest BCUT2D eigenvalue weighted by Crippen LogP contribution is -2.01. The van der Waals surface area contributed by atoms with Gasteiger partial charge < -0.3 is 5.11 Å². The maximum Gasteiger partial charge on any atom is 0.146 e. The Labute approximate surface area is 142 Å². The summed E-state index contributed by atoms with van der Waals surface area (Å²) >= 11 is 0. The maximum atomic E-state index is 10.8. The molecule has 0 radical (unpaired) electrons. The molecule has 2 aromatic carbocycles. The topological polar surface area (TPSA) is 61.8 Å². The molecule has 3 rings (SSSR count). The van der Waals surface area contributed by atoms with E-state index in [1.165, 1.54) is 5.56 Å². The first-order chi connectivity index (χ1) is 11.8. The van der Waals surface area contributed by atoms with Crippen molar-refractivity contribution in [2.45, 2.75) is 52.4 Å². The number of benzene rings is 2. The van der Waals surface area contributed by atoms with Gasteiger partial charge in [0, 0.05) is 11.1 Å². The van der Waals surface area contributed by atoms with Crippen molar-refractivity contribution >= 4 is 11.0 Å². The molecule has 0 bridgehead atoms. The van der Waals surface area contributed by atoms with Gasteiger partial charge in [-0.3, -0.25) is 5.10 Å². The van der Waals surface area contributed by atoms with E-state index in [1.54, 1.807) is 0 Å². The third-order valence-corrected chi connectivity index (χ3v) is 4.60. The number of phenols is 1.